The number of rotatable bonds is 6. The molecule has 0 unspecified atom stereocenters. The van der Waals surface area contributed by atoms with Gasteiger partial charge < -0.3 is 15.0 Å². The third kappa shape index (κ3) is 4.84. The molecule has 0 radical (unpaired) electrons. The van der Waals surface area contributed by atoms with Crippen LogP contribution in [0.15, 0.2) is 48.5 Å². The van der Waals surface area contributed by atoms with E-state index in [9.17, 15) is 22.8 Å². The van der Waals surface area contributed by atoms with E-state index in [1.807, 2.05) is 0 Å². The number of nitrogens with one attached hydrogen (secondary N) is 1. The van der Waals surface area contributed by atoms with Gasteiger partial charge >= 0.3 is 6.18 Å². The Morgan fingerprint density at radius 3 is 2.39 bits per heavy atom. The second kappa shape index (κ2) is 9.08. The van der Waals surface area contributed by atoms with Gasteiger partial charge in [0.1, 0.15) is 5.75 Å². The molecular weight excluding hydrogens is 433 g/mol. The van der Waals surface area contributed by atoms with Gasteiger partial charge in [-0.15, -0.1) is 0 Å². The molecule has 33 heavy (non-hydrogen) atoms. The lowest BCUT2D eigenvalue weighted by atomic mass is 9.88. The fourth-order valence-electron chi connectivity index (χ4n) is 5.20. The van der Waals surface area contributed by atoms with Gasteiger partial charge in [0.2, 0.25) is 5.91 Å². The molecule has 1 aliphatic carbocycles. The van der Waals surface area contributed by atoms with Crippen molar-refractivity contribution in [3.63, 3.8) is 0 Å². The number of benzene rings is 2. The molecular formula is C25H27F3N2O3. The number of amides is 2. The van der Waals surface area contributed by atoms with Crippen molar-refractivity contribution in [1.29, 1.82) is 0 Å². The summed E-state index contributed by atoms with van der Waals surface area (Å²) >= 11 is 0. The molecule has 5 nitrogen and oxygen atoms in total. The van der Waals surface area contributed by atoms with Gasteiger partial charge in [0, 0.05) is 31.1 Å². The predicted molar refractivity (Wildman–Crippen MR) is 116 cm³/mol. The Labute approximate surface area is 190 Å². The molecule has 8 heteroatoms. The number of alkyl halides is 3. The van der Waals surface area contributed by atoms with Crippen molar-refractivity contribution in [1.82, 2.24) is 10.2 Å². The van der Waals surface area contributed by atoms with Gasteiger partial charge in [0.15, 0.2) is 0 Å². The molecule has 0 spiro atoms. The number of likely N-dealkylation sites (tertiary alicyclic amines) is 1. The molecule has 1 N–H and O–H groups in total. The largest absolute Gasteiger partial charge is 0.497 e. The number of carbonyl (C=O) groups excluding carboxylic acids is 2. The number of carbonyl (C=O) groups is 2. The van der Waals surface area contributed by atoms with Crippen LogP contribution in [0.5, 0.6) is 5.75 Å². The van der Waals surface area contributed by atoms with E-state index < -0.39 is 11.7 Å². The molecule has 2 aliphatic rings. The van der Waals surface area contributed by atoms with Gasteiger partial charge in [-0.1, -0.05) is 19.1 Å². The van der Waals surface area contributed by atoms with E-state index in [1.165, 1.54) is 12.1 Å². The fourth-order valence-corrected chi connectivity index (χ4v) is 5.20. The van der Waals surface area contributed by atoms with E-state index >= 15 is 0 Å². The number of halogens is 3. The third-order valence-electron chi connectivity index (χ3n) is 7.00. The Morgan fingerprint density at radius 1 is 1.12 bits per heavy atom. The summed E-state index contributed by atoms with van der Waals surface area (Å²) in [4.78, 5) is 27.1. The van der Waals surface area contributed by atoms with E-state index in [-0.39, 0.29) is 29.7 Å². The van der Waals surface area contributed by atoms with Crippen LogP contribution < -0.4 is 10.1 Å². The lowest BCUT2D eigenvalue weighted by Gasteiger charge is -2.25. The smallest absolute Gasteiger partial charge is 0.416 e. The Hall–Kier alpha value is -3.03. The number of nitrogens with zero attached hydrogens (tertiary/aromatic N) is 1. The molecule has 4 atom stereocenters. The molecule has 0 bridgehead atoms. The van der Waals surface area contributed by atoms with Crippen LogP contribution in [0.25, 0.3) is 0 Å². The number of hydrogen-bond acceptors (Lipinski definition) is 3. The van der Waals surface area contributed by atoms with E-state index in [1.54, 1.807) is 36.3 Å². The Morgan fingerprint density at radius 2 is 1.79 bits per heavy atom. The van der Waals surface area contributed by atoms with Crippen molar-refractivity contribution in [2.24, 2.45) is 17.8 Å². The molecule has 2 fully saturated rings. The summed E-state index contributed by atoms with van der Waals surface area (Å²) in [5.74, 6) is 1.13. The first kappa shape index (κ1) is 23.1. The van der Waals surface area contributed by atoms with Crippen molar-refractivity contribution in [2.45, 2.75) is 38.5 Å². The van der Waals surface area contributed by atoms with Gasteiger partial charge in [-0.25, -0.2) is 0 Å². The highest BCUT2D eigenvalue weighted by Crippen LogP contribution is 2.46. The molecule has 176 valence electrons. The average Bonchev–Trinajstić information content (AvgIpc) is 3.25. The maximum absolute atomic E-state index is 12.8. The molecule has 2 aromatic carbocycles. The minimum atomic E-state index is -4.38. The Kier molecular flexibility index (Phi) is 6.36. The summed E-state index contributed by atoms with van der Waals surface area (Å²) in [5.41, 5.74) is 0.532. The van der Waals surface area contributed by atoms with Crippen LogP contribution in [0, 0.1) is 17.8 Å². The quantitative estimate of drug-likeness (QED) is 0.690. The summed E-state index contributed by atoms with van der Waals surface area (Å²) in [7, 11) is 1.57. The zero-order valence-corrected chi connectivity index (χ0v) is 18.6. The maximum Gasteiger partial charge on any atom is 0.416 e. The van der Waals surface area contributed by atoms with Gasteiger partial charge in [-0.05, 0) is 66.1 Å². The minimum absolute atomic E-state index is 0.0169. The normalized spacial score (nSPS) is 24.6. The highest BCUT2D eigenvalue weighted by Gasteiger charge is 2.50. The van der Waals surface area contributed by atoms with Gasteiger partial charge in [-0.2, -0.15) is 13.2 Å². The van der Waals surface area contributed by atoms with Crippen molar-refractivity contribution >= 4 is 11.8 Å². The average molecular weight is 460 g/mol. The molecule has 1 saturated heterocycles. The summed E-state index contributed by atoms with van der Waals surface area (Å²) in [6.45, 7) is 2.91. The molecule has 2 amide bonds. The molecule has 0 aromatic heterocycles. The summed E-state index contributed by atoms with van der Waals surface area (Å²) < 4.78 is 43.6. The summed E-state index contributed by atoms with van der Waals surface area (Å²) in [6, 6.07) is 11.9. The molecule has 1 saturated carbocycles. The van der Waals surface area contributed by atoms with E-state index in [0.717, 1.165) is 18.6 Å². The maximum atomic E-state index is 12.8. The van der Waals surface area contributed by atoms with Crippen molar-refractivity contribution in [3.05, 3.63) is 65.2 Å². The highest BCUT2D eigenvalue weighted by atomic mass is 19.4. The van der Waals surface area contributed by atoms with Crippen LogP contribution in [0.1, 0.15) is 41.3 Å². The zero-order chi connectivity index (χ0) is 23.8. The van der Waals surface area contributed by atoms with Crippen molar-refractivity contribution in [3.8, 4) is 5.75 Å². The van der Waals surface area contributed by atoms with Gasteiger partial charge in [0.05, 0.1) is 12.7 Å². The van der Waals surface area contributed by atoms with Crippen LogP contribution >= 0.6 is 0 Å². The summed E-state index contributed by atoms with van der Waals surface area (Å²) in [5, 5.41) is 3.01. The van der Waals surface area contributed by atoms with Crippen LogP contribution in [0.3, 0.4) is 0 Å². The summed E-state index contributed by atoms with van der Waals surface area (Å²) in [6.07, 6.45) is -3.16. The lowest BCUT2D eigenvalue weighted by molar-refractivity contribution is -0.137. The topological polar surface area (TPSA) is 58.6 Å². The first-order valence-corrected chi connectivity index (χ1v) is 11.0. The van der Waals surface area contributed by atoms with E-state index in [4.69, 9.17) is 4.74 Å². The molecule has 1 aliphatic heterocycles. The predicted octanol–water partition coefficient (Wildman–Crippen LogP) is 4.52. The monoisotopic (exact) mass is 460 g/mol. The molecule has 4 rings (SSSR count). The van der Waals surface area contributed by atoms with Gasteiger partial charge in [-0.3, -0.25) is 9.59 Å². The zero-order valence-electron chi connectivity index (χ0n) is 18.6. The first-order valence-electron chi connectivity index (χ1n) is 11.0. The van der Waals surface area contributed by atoms with Crippen LogP contribution in [0.4, 0.5) is 13.2 Å². The van der Waals surface area contributed by atoms with E-state index in [0.29, 0.717) is 42.3 Å². The minimum Gasteiger partial charge on any atom is -0.497 e. The van der Waals surface area contributed by atoms with Crippen molar-refractivity contribution in [2.75, 3.05) is 13.7 Å². The number of hydrogen-bond donors (Lipinski definition) is 1. The first-order chi connectivity index (χ1) is 15.7. The molecule has 2 aromatic rings. The van der Waals surface area contributed by atoms with Crippen LogP contribution in [0.2, 0.25) is 0 Å². The lowest BCUT2D eigenvalue weighted by Crippen LogP contribution is -2.34. The second-order valence-electron chi connectivity index (χ2n) is 8.97. The van der Waals surface area contributed by atoms with Crippen LogP contribution in [-0.4, -0.2) is 36.4 Å². The van der Waals surface area contributed by atoms with Crippen LogP contribution in [-0.2, 0) is 17.5 Å². The molecule has 1 heterocycles. The standard InChI is InChI=1S/C25H27F3N2O3/c1-15-11-22-20(21(15)13-29-24(32)17-5-9-19(33-2)10-6-17)12-23(31)30(22)14-16-3-7-18(8-4-16)25(26,27)28/h3-10,15,20-22H,11-14H2,1-2H3,(H,29,32)/t15-,20-,21+,22+/m0/s1. The fraction of sp³-hybridized carbons (Fsp3) is 0.440. The Balaban J connectivity index is 1.38. The highest BCUT2D eigenvalue weighted by molar-refractivity contribution is 5.94. The second-order valence-corrected chi connectivity index (χ2v) is 8.97. The van der Waals surface area contributed by atoms with Gasteiger partial charge in [0.25, 0.3) is 5.91 Å². The number of methoxy groups -OCH3 is 1. The third-order valence-corrected chi connectivity index (χ3v) is 7.00. The SMILES string of the molecule is COc1ccc(C(=O)NC[C@H]2[C@@H]3CC(=O)N(Cc4ccc(C(F)(F)F)cc4)[C@@H]3C[C@@H]2C)cc1. The van der Waals surface area contributed by atoms with E-state index in [2.05, 4.69) is 12.2 Å². The Bertz CT molecular complexity index is 1010. The number of fused-ring (bicyclic) bond motifs is 1. The van der Waals surface area contributed by atoms with Crippen molar-refractivity contribution < 1.29 is 27.5 Å². The number of ether oxygens (including phenoxy) is 1.